The molecule has 0 spiro atoms. The molecule has 1 atom stereocenters. The van der Waals surface area contributed by atoms with Crippen LogP contribution in [-0.4, -0.2) is 12.6 Å². The van der Waals surface area contributed by atoms with Crippen LogP contribution in [0.25, 0.3) is 0 Å². The van der Waals surface area contributed by atoms with E-state index >= 15 is 0 Å². The zero-order valence-corrected chi connectivity index (χ0v) is 12.7. The first-order valence-corrected chi connectivity index (χ1v) is 7.46. The summed E-state index contributed by atoms with van der Waals surface area (Å²) in [6.45, 7) is 2.72. The summed E-state index contributed by atoms with van der Waals surface area (Å²) in [6.07, 6.45) is -3.31. The molecule has 0 N–H and O–H groups in total. The molecule has 23 heavy (non-hydrogen) atoms. The van der Waals surface area contributed by atoms with Crippen molar-refractivity contribution in [1.29, 1.82) is 0 Å². The molecule has 1 nitrogen and oxygen atoms in total. The van der Waals surface area contributed by atoms with Gasteiger partial charge in [-0.05, 0) is 49.2 Å². The van der Waals surface area contributed by atoms with Gasteiger partial charge < -0.3 is 4.90 Å². The predicted molar refractivity (Wildman–Crippen MR) is 85.3 cm³/mol. The van der Waals surface area contributed by atoms with E-state index in [9.17, 15) is 13.2 Å². The minimum Gasteiger partial charge on any atom is -0.357 e. The Balaban J connectivity index is 1.71. The molecule has 0 radical (unpaired) electrons. The van der Waals surface area contributed by atoms with E-state index in [4.69, 9.17) is 0 Å². The molecular weight excluding hydrogens is 299 g/mol. The molecule has 0 aliphatic carbocycles. The molecule has 3 rings (SSSR count). The predicted octanol–water partition coefficient (Wildman–Crippen LogP) is 4.51. The fraction of sp³-hybridized carbons (Fsp3) is 0.263. The summed E-state index contributed by atoms with van der Waals surface area (Å²) in [5, 5.41) is 0. The molecule has 118 valence electrons. The van der Waals surface area contributed by atoms with Gasteiger partial charge in [0.2, 0.25) is 0 Å². The van der Waals surface area contributed by atoms with Crippen LogP contribution in [0.3, 0.4) is 0 Å². The Hall–Kier alpha value is -2.41. The van der Waals surface area contributed by atoms with Crippen molar-refractivity contribution in [2.45, 2.75) is 25.6 Å². The van der Waals surface area contributed by atoms with E-state index in [0.29, 0.717) is 18.2 Å². The zero-order valence-electron chi connectivity index (χ0n) is 12.7. The largest absolute Gasteiger partial charge is 0.416 e. The van der Waals surface area contributed by atoms with Crippen molar-refractivity contribution in [2.24, 2.45) is 0 Å². The Morgan fingerprint density at radius 2 is 1.78 bits per heavy atom. The van der Waals surface area contributed by atoms with E-state index in [0.717, 1.165) is 18.6 Å². The molecule has 1 unspecified atom stereocenters. The average molecular weight is 315 g/mol. The van der Waals surface area contributed by atoms with Gasteiger partial charge in [-0.3, -0.25) is 0 Å². The number of anilines is 1. The molecule has 1 heterocycles. The number of rotatable bonds is 1. The highest BCUT2D eigenvalue weighted by atomic mass is 19.4. The minimum atomic E-state index is -4.30. The van der Waals surface area contributed by atoms with E-state index in [2.05, 4.69) is 35.8 Å². The van der Waals surface area contributed by atoms with Crippen molar-refractivity contribution in [1.82, 2.24) is 0 Å². The second-order valence-electron chi connectivity index (χ2n) is 5.69. The first-order chi connectivity index (χ1) is 10.9. The van der Waals surface area contributed by atoms with E-state index in [-0.39, 0.29) is 0 Å². The number of benzene rings is 2. The molecule has 1 aliphatic heterocycles. The molecule has 0 amide bonds. The van der Waals surface area contributed by atoms with Gasteiger partial charge in [0.05, 0.1) is 12.1 Å². The van der Waals surface area contributed by atoms with Gasteiger partial charge in [-0.2, -0.15) is 13.2 Å². The topological polar surface area (TPSA) is 3.24 Å². The summed E-state index contributed by atoms with van der Waals surface area (Å²) in [5.74, 6) is 6.01. The molecule has 2 aromatic carbocycles. The second-order valence-corrected chi connectivity index (χ2v) is 5.69. The van der Waals surface area contributed by atoms with Crippen molar-refractivity contribution >= 4 is 5.69 Å². The van der Waals surface area contributed by atoms with Crippen molar-refractivity contribution in [3.63, 3.8) is 0 Å². The SMILES string of the molecule is CC1Cc2ccccc2N1CC#Cc1ccc(C(F)(F)F)cc1. The smallest absolute Gasteiger partial charge is 0.357 e. The molecule has 0 aromatic heterocycles. The van der Waals surface area contributed by atoms with Crippen LogP contribution < -0.4 is 4.90 Å². The Labute approximate surface area is 133 Å². The summed E-state index contributed by atoms with van der Waals surface area (Å²) in [5.41, 5.74) is 2.46. The van der Waals surface area contributed by atoms with Gasteiger partial charge in [-0.1, -0.05) is 30.0 Å². The van der Waals surface area contributed by atoms with Crippen LogP contribution in [-0.2, 0) is 12.6 Å². The molecular formula is C19H16F3N. The van der Waals surface area contributed by atoms with Crippen LogP contribution in [0.4, 0.5) is 18.9 Å². The van der Waals surface area contributed by atoms with Crippen LogP contribution in [0.1, 0.15) is 23.6 Å². The summed E-state index contributed by atoms with van der Waals surface area (Å²) in [7, 11) is 0. The van der Waals surface area contributed by atoms with Gasteiger partial charge in [0.1, 0.15) is 0 Å². The average Bonchev–Trinajstić information content (AvgIpc) is 2.83. The quantitative estimate of drug-likeness (QED) is 0.700. The van der Waals surface area contributed by atoms with Gasteiger partial charge in [-0.25, -0.2) is 0 Å². The second kappa shape index (κ2) is 6.00. The van der Waals surface area contributed by atoms with E-state index in [1.165, 1.54) is 23.4 Å². The molecule has 0 saturated heterocycles. The molecule has 0 fully saturated rings. The molecule has 2 aromatic rings. The Morgan fingerprint density at radius 3 is 2.48 bits per heavy atom. The van der Waals surface area contributed by atoms with Crippen LogP contribution in [0.5, 0.6) is 0 Å². The van der Waals surface area contributed by atoms with Gasteiger partial charge in [0, 0.05) is 17.3 Å². The number of alkyl halides is 3. The fourth-order valence-corrected chi connectivity index (χ4v) is 2.84. The summed E-state index contributed by atoms with van der Waals surface area (Å²) in [4.78, 5) is 2.23. The van der Waals surface area contributed by atoms with Crippen LogP contribution in [0.2, 0.25) is 0 Å². The Morgan fingerprint density at radius 1 is 1.09 bits per heavy atom. The van der Waals surface area contributed by atoms with Gasteiger partial charge in [0.15, 0.2) is 0 Å². The number of para-hydroxylation sites is 1. The standard InChI is InChI=1S/C19H16F3N/c1-14-13-16-6-2-3-7-18(16)23(14)12-4-5-15-8-10-17(11-9-15)19(20,21)22/h2-3,6-11,14H,12-13H2,1H3. The maximum absolute atomic E-state index is 12.5. The third-order valence-corrected chi connectivity index (χ3v) is 4.04. The van der Waals surface area contributed by atoms with Crippen LogP contribution in [0, 0.1) is 11.8 Å². The number of halogens is 3. The van der Waals surface area contributed by atoms with Crippen molar-refractivity contribution in [3.8, 4) is 11.8 Å². The molecule has 4 heteroatoms. The van der Waals surface area contributed by atoms with Gasteiger partial charge in [-0.15, -0.1) is 0 Å². The van der Waals surface area contributed by atoms with E-state index < -0.39 is 11.7 Å². The highest BCUT2D eigenvalue weighted by Gasteiger charge is 2.29. The lowest BCUT2D eigenvalue weighted by atomic mass is 10.1. The number of hydrogen-bond acceptors (Lipinski definition) is 1. The summed E-state index contributed by atoms with van der Waals surface area (Å²) in [6, 6.07) is 13.6. The first kappa shape index (κ1) is 15.5. The third kappa shape index (κ3) is 3.34. The summed E-state index contributed by atoms with van der Waals surface area (Å²) >= 11 is 0. The monoisotopic (exact) mass is 315 g/mol. The minimum absolute atomic E-state index is 0.384. The lowest BCUT2D eigenvalue weighted by Crippen LogP contribution is -2.29. The van der Waals surface area contributed by atoms with E-state index in [1.54, 1.807) is 0 Å². The maximum atomic E-state index is 12.5. The number of nitrogens with zero attached hydrogens (tertiary/aromatic N) is 1. The lowest BCUT2D eigenvalue weighted by molar-refractivity contribution is -0.137. The van der Waals surface area contributed by atoms with Crippen LogP contribution in [0.15, 0.2) is 48.5 Å². The van der Waals surface area contributed by atoms with Crippen molar-refractivity contribution in [3.05, 3.63) is 65.2 Å². The highest BCUT2D eigenvalue weighted by Crippen LogP contribution is 2.31. The Bertz CT molecular complexity index is 751. The maximum Gasteiger partial charge on any atom is 0.416 e. The third-order valence-electron chi connectivity index (χ3n) is 4.04. The highest BCUT2D eigenvalue weighted by molar-refractivity contribution is 5.60. The molecule has 1 aliphatic rings. The molecule has 0 bridgehead atoms. The fourth-order valence-electron chi connectivity index (χ4n) is 2.84. The first-order valence-electron chi connectivity index (χ1n) is 7.46. The van der Waals surface area contributed by atoms with Gasteiger partial charge in [0.25, 0.3) is 0 Å². The van der Waals surface area contributed by atoms with Crippen molar-refractivity contribution in [2.75, 3.05) is 11.4 Å². The normalized spacial score (nSPS) is 16.7. The zero-order chi connectivity index (χ0) is 16.4. The molecule has 0 saturated carbocycles. The lowest BCUT2D eigenvalue weighted by Gasteiger charge is -2.21. The van der Waals surface area contributed by atoms with E-state index in [1.807, 2.05) is 12.1 Å². The van der Waals surface area contributed by atoms with Gasteiger partial charge >= 0.3 is 6.18 Å². The Kier molecular flexibility index (Phi) is 4.04. The number of hydrogen-bond donors (Lipinski definition) is 0. The van der Waals surface area contributed by atoms with Crippen molar-refractivity contribution < 1.29 is 13.2 Å². The number of fused-ring (bicyclic) bond motifs is 1. The summed E-state index contributed by atoms with van der Waals surface area (Å²) < 4.78 is 37.6. The van der Waals surface area contributed by atoms with Crippen LogP contribution >= 0.6 is 0 Å².